The van der Waals surface area contributed by atoms with Gasteiger partial charge in [-0.15, -0.1) is 0 Å². The number of ether oxygens (including phenoxy) is 1. The zero-order chi connectivity index (χ0) is 7.61. The van der Waals surface area contributed by atoms with Gasteiger partial charge in [0, 0.05) is 0 Å². The first-order valence-electron chi connectivity index (χ1n) is 3.06. The first-order chi connectivity index (χ1) is 4.65. The van der Waals surface area contributed by atoms with Crippen LogP contribution in [0, 0.1) is 0 Å². The Kier molecular flexibility index (Phi) is 2.18. The maximum Gasteiger partial charge on any atom is 0.525 e. The van der Waals surface area contributed by atoms with Crippen LogP contribution in [0.15, 0.2) is 0 Å². The molecule has 1 aliphatic heterocycles. The van der Waals surface area contributed by atoms with Crippen LogP contribution in [-0.2, 0) is 4.74 Å². The molecule has 0 unspecified atom stereocenters. The summed E-state index contributed by atoms with van der Waals surface area (Å²) in [6.45, 7) is 1.85. The van der Waals surface area contributed by atoms with Crippen LogP contribution in [-0.4, -0.2) is 41.4 Å². The van der Waals surface area contributed by atoms with Crippen molar-refractivity contribution in [1.82, 2.24) is 0 Å². The molecule has 1 heterocycles. The van der Waals surface area contributed by atoms with E-state index in [4.69, 9.17) is 9.84 Å². The molecule has 1 aliphatic rings. The zero-order valence-corrected chi connectivity index (χ0v) is 6.38. The van der Waals surface area contributed by atoms with Crippen LogP contribution in [0.3, 0.4) is 0 Å². The highest BCUT2D eigenvalue weighted by Gasteiger charge is 2.35. The molecule has 0 aromatic carbocycles. The molecule has 10 heavy (non-hydrogen) atoms. The van der Waals surface area contributed by atoms with E-state index in [-0.39, 0.29) is 3.89 Å². The molecule has 0 aromatic heterocycles. The number of quaternary nitrogens is 1. The summed E-state index contributed by atoms with van der Waals surface area (Å²) >= 11 is 4.00. The Bertz CT molecular complexity index is 144. The highest BCUT2D eigenvalue weighted by molar-refractivity contribution is 7.74. The summed E-state index contributed by atoms with van der Waals surface area (Å²) in [7, 11) is 0. The lowest BCUT2D eigenvalue weighted by molar-refractivity contribution is -0.728. The average molecular weight is 164 g/mol. The lowest BCUT2D eigenvalue weighted by Crippen LogP contribution is -2.50. The van der Waals surface area contributed by atoms with Gasteiger partial charge in [0.15, 0.2) is 0 Å². The van der Waals surface area contributed by atoms with Crippen LogP contribution in [0.1, 0.15) is 0 Å². The van der Waals surface area contributed by atoms with Crippen LogP contribution < -0.4 is 0 Å². The minimum Gasteiger partial charge on any atom is -0.435 e. The predicted molar refractivity (Wildman–Crippen MR) is 37.8 cm³/mol. The number of carboxylic acid groups (broad SMARTS) is 1. The van der Waals surface area contributed by atoms with E-state index in [1.165, 1.54) is 0 Å². The second-order valence-corrected chi connectivity index (χ2v) is 3.03. The van der Waals surface area contributed by atoms with Gasteiger partial charge in [-0.1, -0.05) is 0 Å². The number of hydrogen-bond donors (Lipinski definition) is 2. The van der Waals surface area contributed by atoms with Gasteiger partial charge in [-0.2, -0.15) is 8.68 Å². The molecule has 5 heteroatoms. The molecular weight excluding hydrogens is 154 g/mol. The van der Waals surface area contributed by atoms with E-state index in [2.05, 4.69) is 12.8 Å². The van der Waals surface area contributed by atoms with Gasteiger partial charge in [0.25, 0.3) is 0 Å². The molecule has 0 atom stereocenters. The summed E-state index contributed by atoms with van der Waals surface area (Å²) in [6.07, 6.45) is -0.897. The average Bonchev–Trinajstić information content (AvgIpc) is 1.89. The standard InChI is InChI=1S/C5H9NO3S/c7-5(8)6(10)1-3-9-4-2-6/h10H,1-4H2/p+1. The lowest BCUT2D eigenvalue weighted by atomic mass is 10.4. The Balaban J connectivity index is 2.56. The predicted octanol–water partition coefficient (Wildman–Crippen LogP) is 0.356. The van der Waals surface area contributed by atoms with Crippen LogP contribution >= 0.6 is 12.8 Å². The minimum atomic E-state index is -0.897. The highest BCUT2D eigenvalue weighted by atomic mass is 32.1. The molecule has 0 aliphatic carbocycles. The van der Waals surface area contributed by atoms with E-state index in [9.17, 15) is 4.79 Å². The van der Waals surface area contributed by atoms with Crippen LogP contribution in [0.2, 0.25) is 0 Å². The molecule has 1 saturated heterocycles. The van der Waals surface area contributed by atoms with Crippen molar-refractivity contribution in [1.29, 1.82) is 0 Å². The number of hydrogen-bond acceptors (Lipinski definition) is 3. The number of morpholine rings is 1. The smallest absolute Gasteiger partial charge is 0.435 e. The van der Waals surface area contributed by atoms with E-state index < -0.39 is 6.09 Å². The van der Waals surface area contributed by atoms with Gasteiger partial charge in [-0.3, -0.25) is 0 Å². The Labute approximate surface area is 64.5 Å². The third-order valence-corrected chi connectivity index (χ3v) is 2.14. The van der Waals surface area contributed by atoms with Crippen molar-refractivity contribution < 1.29 is 18.5 Å². The van der Waals surface area contributed by atoms with Crippen molar-refractivity contribution in [3.63, 3.8) is 0 Å². The normalized spacial score (nSPS) is 24.1. The van der Waals surface area contributed by atoms with E-state index in [1.54, 1.807) is 0 Å². The maximum atomic E-state index is 10.5. The summed E-state index contributed by atoms with van der Waals surface area (Å²) < 4.78 is 4.78. The van der Waals surface area contributed by atoms with E-state index in [0.717, 1.165) is 0 Å². The van der Waals surface area contributed by atoms with Crippen molar-refractivity contribution in [3.8, 4) is 0 Å². The quantitative estimate of drug-likeness (QED) is 0.401. The van der Waals surface area contributed by atoms with Gasteiger partial charge in [0.1, 0.15) is 13.1 Å². The van der Waals surface area contributed by atoms with Crippen molar-refractivity contribution >= 4 is 18.9 Å². The van der Waals surface area contributed by atoms with Crippen molar-refractivity contribution in [2.45, 2.75) is 0 Å². The molecule has 4 nitrogen and oxygen atoms in total. The number of thiol groups is 1. The fourth-order valence-corrected chi connectivity index (χ4v) is 1.000. The summed E-state index contributed by atoms with van der Waals surface area (Å²) in [4.78, 5) is 10.5. The monoisotopic (exact) mass is 164 g/mol. The summed E-state index contributed by atoms with van der Waals surface area (Å²) in [5.74, 6) is 0. The summed E-state index contributed by atoms with van der Waals surface area (Å²) in [5, 5.41) is 8.64. The van der Waals surface area contributed by atoms with Crippen LogP contribution in [0.4, 0.5) is 4.79 Å². The Morgan fingerprint density at radius 1 is 1.50 bits per heavy atom. The minimum absolute atomic E-state index is 0.208. The second-order valence-electron chi connectivity index (χ2n) is 2.26. The lowest BCUT2D eigenvalue weighted by Gasteiger charge is -2.28. The topological polar surface area (TPSA) is 46.5 Å². The Morgan fingerprint density at radius 3 is 2.30 bits per heavy atom. The SMILES string of the molecule is O=C(O)[N+]1(S)CCOCC1. The molecule has 0 bridgehead atoms. The van der Waals surface area contributed by atoms with Crippen LogP contribution in [0.25, 0.3) is 0 Å². The summed E-state index contributed by atoms with van der Waals surface area (Å²) in [5.41, 5.74) is 0. The maximum absolute atomic E-state index is 10.5. The molecule has 0 spiro atoms. The Morgan fingerprint density at radius 2 is 2.00 bits per heavy atom. The van der Waals surface area contributed by atoms with E-state index in [1.807, 2.05) is 0 Å². The molecule has 0 radical (unpaired) electrons. The first kappa shape index (κ1) is 7.84. The third kappa shape index (κ3) is 1.42. The van der Waals surface area contributed by atoms with E-state index in [0.29, 0.717) is 26.3 Å². The zero-order valence-electron chi connectivity index (χ0n) is 5.49. The largest absolute Gasteiger partial charge is 0.525 e. The number of carbonyl (C=O) groups is 1. The Hall–Kier alpha value is -0.260. The second kappa shape index (κ2) is 2.77. The highest BCUT2D eigenvalue weighted by Crippen LogP contribution is 2.14. The molecule has 1 rings (SSSR count). The van der Waals surface area contributed by atoms with Gasteiger partial charge in [-0.25, -0.2) is 0 Å². The molecule has 1 fully saturated rings. The van der Waals surface area contributed by atoms with Gasteiger partial charge in [0.05, 0.1) is 26.0 Å². The molecule has 0 aromatic rings. The molecule has 1 amide bonds. The first-order valence-corrected chi connectivity index (χ1v) is 3.46. The van der Waals surface area contributed by atoms with Gasteiger partial charge in [-0.05, 0) is 0 Å². The van der Waals surface area contributed by atoms with Crippen molar-refractivity contribution in [2.24, 2.45) is 0 Å². The van der Waals surface area contributed by atoms with Gasteiger partial charge >= 0.3 is 6.09 Å². The molecule has 0 saturated carbocycles. The van der Waals surface area contributed by atoms with Gasteiger partial charge < -0.3 is 9.84 Å². The molecule has 1 N–H and O–H groups in total. The molecule has 58 valence electrons. The van der Waals surface area contributed by atoms with Gasteiger partial charge in [0.2, 0.25) is 0 Å². The van der Waals surface area contributed by atoms with Crippen LogP contribution in [0.5, 0.6) is 0 Å². The number of nitrogens with zero attached hydrogens (tertiary/aromatic N) is 1. The summed E-state index contributed by atoms with van der Waals surface area (Å²) in [6, 6.07) is 0. The molecular formula is C5H10NO3S+. The fraction of sp³-hybridized carbons (Fsp3) is 0.800. The third-order valence-electron chi connectivity index (χ3n) is 1.57. The number of amides is 1. The van der Waals surface area contributed by atoms with Crippen molar-refractivity contribution in [3.05, 3.63) is 0 Å². The fourth-order valence-electron chi connectivity index (χ4n) is 0.836. The number of rotatable bonds is 0. The van der Waals surface area contributed by atoms with E-state index >= 15 is 0 Å². The van der Waals surface area contributed by atoms with Crippen molar-refractivity contribution in [2.75, 3.05) is 26.3 Å².